The SMILES string of the molecule is O=C1[C@H]2CCCN2C(=O)N1C[C@@H](O)COc1ccc(F)cc1. The van der Waals surface area contributed by atoms with Crippen LogP contribution in [0.25, 0.3) is 0 Å². The van der Waals surface area contributed by atoms with Crippen LogP contribution in [0.1, 0.15) is 12.8 Å². The van der Waals surface area contributed by atoms with E-state index in [4.69, 9.17) is 4.74 Å². The number of halogens is 1. The molecule has 6 nitrogen and oxygen atoms in total. The number of hydrogen-bond donors (Lipinski definition) is 1. The third-order valence-electron chi connectivity index (χ3n) is 3.93. The van der Waals surface area contributed by atoms with Crippen LogP contribution < -0.4 is 4.74 Å². The van der Waals surface area contributed by atoms with Gasteiger partial charge in [-0.05, 0) is 37.1 Å². The molecule has 0 unspecified atom stereocenters. The fraction of sp³-hybridized carbons (Fsp3) is 0.467. The standard InChI is InChI=1S/C15H17FN2O4/c16-10-3-5-12(6-4-10)22-9-11(19)8-18-14(20)13-2-1-7-17(13)15(18)21/h3-6,11,13,19H,1-2,7-9H2/t11-,13-/m1/s1. The summed E-state index contributed by atoms with van der Waals surface area (Å²) in [7, 11) is 0. The first kappa shape index (κ1) is 14.8. The summed E-state index contributed by atoms with van der Waals surface area (Å²) >= 11 is 0. The van der Waals surface area contributed by atoms with Crippen LogP contribution in [0, 0.1) is 5.82 Å². The van der Waals surface area contributed by atoms with E-state index in [2.05, 4.69) is 0 Å². The Hall–Kier alpha value is -2.15. The third kappa shape index (κ3) is 2.76. The molecule has 22 heavy (non-hydrogen) atoms. The summed E-state index contributed by atoms with van der Waals surface area (Å²) in [5, 5.41) is 9.96. The number of imide groups is 1. The molecule has 0 aromatic heterocycles. The van der Waals surface area contributed by atoms with Crippen molar-refractivity contribution in [2.75, 3.05) is 19.7 Å². The average molecular weight is 308 g/mol. The number of aliphatic hydroxyl groups is 1. The Kier molecular flexibility index (Phi) is 3.98. The molecule has 0 saturated carbocycles. The fourth-order valence-corrected chi connectivity index (χ4v) is 2.84. The Labute approximate surface area is 127 Å². The van der Waals surface area contributed by atoms with Crippen molar-refractivity contribution in [1.29, 1.82) is 0 Å². The lowest BCUT2D eigenvalue weighted by molar-refractivity contribution is -0.129. The van der Waals surface area contributed by atoms with Gasteiger partial charge in [-0.15, -0.1) is 0 Å². The smallest absolute Gasteiger partial charge is 0.327 e. The molecular weight excluding hydrogens is 291 g/mol. The van der Waals surface area contributed by atoms with Crippen LogP contribution in [0.15, 0.2) is 24.3 Å². The van der Waals surface area contributed by atoms with Crippen LogP contribution in [0.4, 0.5) is 9.18 Å². The maximum atomic E-state index is 12.8. The molecule has 0 bridgehead atoms. The van der Waals surface area contributed by atoms with E-state index >= 15 is 0 Å². The van der Waals surface area contributed by atoms with E-state index in [1.807, 2.05) is 0 Å². The minimum atomic E-state index is -0.988. The fourth-order valence-electron chi connectivity index (χ4n) is 2.84. The molecule has 0 aliphatic carbocycles. The number of carbonyl (C=O) groups excluding carboxylic acids is 2. The summed E-state index contributed by atoms with van der Waals surface area (Å²) in [4.78, 5) is 26.8. The second-order valence-corrected chi connectivity index (χ2v) is 5.50. The van der Waals surface area contributed by atoms with E-state index in [-0.39, 0.29) is 36.9 Å². The Balaban J connectivity index is 1.53. The Morgan fingerprint density at radius 1 is 1.32 bits per heavy atom. The predicted octanol–water partition coefficient (Wildman–Crippen LogP) is 0.992. The zero-order chi connectivity index (χ0) is 15.7. The highest BCUT2D eigenvalue weighted by molar-refractivity contribution is 6.04. The molecule has 0 spiro atoms. The lowest BCUT2D eigenvalue weighted by Gasteiger charge is -2.19. The number of benzene rings is 1. The molecule has 2 aliphatic heterocycles. The van der Waals surface area contributed by atoms with Crippen LogP contribution in [-0.2, 0) is 4.79 Å². The number of carbonyl (C=O) groups is 2. The predicted molar refractivity (Wildman–Crippen MR) is 74.7 cm³/mol. The zero-order valence-corrected chi connectivity index (χ0v) is 11.9. The van der Waals surface area contributed by atoms with E-state index in [1.54, 1.807) is 4.90 Å². The third-order valence-corrected chi connectivity index (χ3v) is 3.93. The van der Waals surface area contributed by atoms with Crippen LogP contribution in [0.5, 0.6) is 5.75 Å². The molecule has 1 aromatic rings. The second kappa shape index (κ2) is 5.92. The van der Waals surface area contributed by atoms with E-state index in [0.29, 0.717) is 18.7 Å². The number of rotatable bonds is 5. The lowest BCUT2D eigenvalue weighted by atomic mass is 10.2. The number of urea groups is 1. The van der Waals surface area contributed by atoms with Crippen molar-refractivity contribution in [3.8, 4) is 5.75 Å². The van der Waals surface area contributed by atoms with Gasteiger partial charge in [0.1, 0.15) is 30.3 Å². The van der Waals surface area contributed by atoms with Gasteiger partial charge in [-0.1, -0.05) is 0 Å². The van der Waals surface area contributed by atoms with E-state index < -0.39 is 6.10 Å². The number of ether oxygens (including phenoxy) is 1. The van der Waals surface area contributed by atoms with Crippen molar-refractivity contribution in [3.05, 3.63) is 30.1 Å². The monoisotopic (exact) mass is 308 g/mol. The number of β-amino-alcohol motifs (C(OH)–C–C–N with tert-alkyl or cyclic N) is 1. The molecule has 2 heterocycles. The van der Waals surface area contributed by atoms with Crippen molar-refractivity contribution in [2.45, 2.75) is 25.0 Å². The molecule has 3 rings (SSSR count). The summed E-state index contributed by atoms with van der Waals surface area (Å²) < 4.78 is 18.1. The molecule has 2 aliphatic rings. The molecule has 2 fully saturated rings. The van der Waals surface area contributed by atoms with Crippen LogP contribution in [0.2, 0.25) is 0 Å². The molecule has 118 valence electrons. The topological polar surface area (TPSA) is 70.1 Å². The maximum Gasteiger partial charge on any atom is 0.327 e. The van der Waals surface area contributed by atoms with Gasteiger partial charge in [0, 0.05) is 6.54 Å². The quantitative estimate of drug-likeness (QED) is 0.824. The van der Waals surface area contributed by atoms with Gasteiger partial charge in [-0.25, -0.2) is 9.18 Å². The zero-order valence-electron chi connectivity index (χ0n) is 11.9. The van der Waals surface area contributed by atoms with Gasteiger partial charge in [-0.3, -0.25) is 9.69 Å². The average Bonchev–Trinajstić information content (AvgIpc) is 3.07. The molecule has 1 aromatic carbocycles. The van der Waals surface area contributed by atoms with Crippen molar-refractivity contribution >= 4 is 11.9 Å². The van der Waals surface area contributed by atoms with Crippen LogP contribution >= 0.6 is 0 Å². The Morgan fingerprint density at radius 3 is 2.73 bits per heavy atom. The highest BCUT2D eigenvalue weighted by Crippen LogP contribution is 2.27. The van der Waals surface area contributed by atoms with Gasteiger partial charge < -0.3 is 14.7 Å². The molecule has 0 radical (unpaired) electrons. The Morgan fingerprint density at radius 2 is 2.05 bits per heavy atom. The maximum absolute atomic E-state index is 12.8. The van der Waals surface area contributed by atoms with Crippen LogP contribution in [-0.4, -0.2) is 58.7 Å². The molecule has 1 N–H and O–H groups in total. The van der Waals surface area contributed by atoms with Gasteiger partial charge in [0.2, 0.25) is 0 Å². The summed E-state index contributed by atoms with van der Waals surface area (Å²) in [6, 6.07) is 4.70. The van der Waals surface area contributed by atoms with E-state index in [1.165, 1.54) is 24.3 Å². The number of amides is 3. The van der Waals surface area contributed by atoms with Crippen molar-refractivity contribution < 1.29 is 23.8 Å². The first-order valence-corrected chi connectivity index (χ1v) is 7.24. The van der Waals surface area contributed by atoms with Crippen molar-refractivity contribution in [3.63, 3.8) is 0 Å². The summed E-state index contributed by atoms with van der Waals surface area (Å²) in [5.41, 5.74) is 0. The van der Waals surface area contributed by atoms with Crippen molar-refractivity contribution in [1.82, 2.24) is 9.80 Å². The van der Waals surface area contributed by atoms with Gasteiger partial charge in [0.05, 0.1) is 6.54 Å². The second-order valence-electron chi connectivity index (χ2n) is 5.50. The molecule has 3 amide bonds. The van der Waals surface area contributed by atoms with Gasteiger partial charge in [0.25, 0.3) is 5.91 Å². The summed E-state index contributed by atoms with van der Waals surface area (Å²) in [6.07, 6.45) is 0.535. The van der Waals surface area contributed by atoms with Crippen LogP contribution in [0.3, 0.4) is 0 Å². The van der Waals surface area contributed by atoms with Gasteiger partial charge in [0.15, 0.2) is 0 Å². The van der Waals surface area contributed by atoms with E-state index in [9.17, 15) is 19.1 Å². The summed E-state index contributed by atoms with van der Waals surface area (Å²) in [5.74, 6) is -0.203. The van der Waals surface area contributed by atoms with E-state index in [0.717, 1.165) is 11.3 Å². The Bertz CT molecular complexity index is 555. The van der Waals surface area contributed by atoms with Gasteiger partial charge in [-0.2, -0.15) is 0 Å². The number of nitrogens with zero attached hydrogens (tertiary/aromatic N) is 2. The minimum absolute atomic E-state index is 0.0760. The molecule has 2 atom stereocenters. The molecule has 2 saturated heterocycles. The number of hydrogen-bond acceptors (Lipinski definition) is 4. The minimum Gasteiger partial charge on any atom is -0.491 e. The lowest BCUT2D eigenvalue weighted by Crippen LogP contribution is -2.41. The number of aliphatic hydroxyl groups excluding tert-OH is 1. The highest BCUT2D eigenvalue weighted by atomic mass is 19.1. The number of fused-ring (bicyclic) bond motifs is 1. The molecular formula is C15H17FN2O4. The molecule has 7 heteroatoms. The van der Waals surface area contributed by atoms with Crippen molar-refractivity contribution in [2.24, 2.45) is 0 Å². The summed E-state index contributed by atoms with van der Waals surface area (Å²) in [6.45, 7) is 0.424. The first-order chi connectivity index (χ1) is 10.6. The normalized spacial score (nSPS) is 22.2. The first-order valence-electron chi connectivity index (χ1n) is 7.24. The highest BCUT2D eigenvalue weighted by Gasteiger charge is 2.47. The van der Waals surface area contributed by atoms with Gasteiger partial charge >= 0.3 is 6.03 Å². The largest absolute Gasteiger partial charge is 0.491 e.